The highest BCUT2D eigenvalue weighted by Gasteiger charge is 2.32. The maximum atomic E-state index is 12.2. The third kappa shape index (κ3) is 4.30. The molecule has 1 amide bonds. The number of carbonyl (C=O) groups excluding carboxylic acids is 1. The summed E-state index contributed by atoms with van der Waals surface area (Å²) in [6.07, 6.45) is 6.33. The monoisotopic (exact) mass is 285 g/mol. The lowest BCUT2D eigenvalue weighted by Crippen LogP contribution is -2.48. The quantitative estimate of drug-likeness (QED) is 0.873. The normalized spacial score (nSPS) is 17.0. The molecule has 0 aromatic heterocycles. The highest BCUT2D eigenvalue weighted by Crippen LogP contribution is 2.30. The van der Waals surface area contributed by atoms with E-state index in [-0.39, 0.29) is 11.4 Å². The average molecular weight is 285 g/mol. The van der Waals surface area contributed by atoms with E-state index in [0.717, 1.165) is 18.4 Å². The molecule has 0 unspecified atom stereocenters. The van der Waals surface area contributed by atoms with Crippen LogP contribution in [-0.2, 0) is 11.3 Å². The number of carbonyl (C=O) groups is 1. The molecule has 0 bridgehead atoms. The van der Waals surface area contributed by atoms with Crippen LogP contribution in [0.3, 0.4) is 0 Å². The van der Waals surface area contributed by atoms with Crippen LogP contribution in [0.4, 0.5) is 0 Å². The van der Waals surface area contributed by atoms with Crippen molar-refractivity contribution in [2.45, 2.75) is 50.6 Å². The summed E-state index contributed by atoms with van der Waals surface area (Å²) in [5, 5.41) is 15.2. The Balaban J connectivity index is 1.88. The van der Waals surface area contributed by atoms with Gasteiger partial charge in [-0.1, -0.05) is 31.4 Å². The Morgan fingerprint density at radius 1 is 1.33 bits per heavy atom. The second kappa shape index (κ2) is 7.24. The molecule has 0 saturated heterocycles. The first-order valence-electron chi connectivity index (χ1n) is 7.62. The van der Waals surface area contributed by atoms with Gasteiger partial charge in [0.2, 0.25) is 5.91 Å². The fourth-order valence-electron chi connectivity index (χ4n) is 3.07. The number of nitriles is 1. The predicted octanol–water partition coefficient (Wildman–Crippen LogP) is 2.49. The fourth-order valence-corrected chi connectivity index (χ4v) is 3.07. The van der Waals surface area contributed by atoms with Gasteiger partial charge in [0.25, 0.3) is 0 Å². The lowest BCUT2D eigenvalue weighted by Gasteiger charge is -2.36. The number of rotatable bonds is 5. The van der Waals surface area contributed by atoms with Gasteiger partial charge in [0, 0.05) is 18.5 Å². The van der Waals surface area contributed by atoms with Crippen LogP contribution in [0.25, 0.3) is 0 Å². The van der Waals surface area contributed by atoms with Crippen LogP contribution in [0.5, 0.6) is 0 Å². The first-order chi connectivity index (χ1) is 10.2. The number of hydrogen-bond donors (Lipinski definition) is 2. The molecule has 0 spiro atoms. The molecule has 0 radical (unpaired) electrons. The van der Waals surface area contributed by atoms with Crippen LogP contribution < -0.4 is 10.6 Å². The van der Waals surface area contributed by atoms with E-state index in [9.17, 15) is 4.79 Å². The van der Waals surface area contributed by atoms with Gasteiger partial charge in [0.1, 0.15) is 0 Å². The first kappa shape index (κ1) is 15.5. The van der Waals surface area contributed by atoms with Crippen LogP contribution in [0.2, 0.25) is 0 Å². The van der Waals surface area contributed by atoms with Gasteiger partial charge >= 0.3 is 0 Å². The Bertz CT molecular complexity index is 527. The number of nitrogens with one attached hydrogen (secondary N) is 2. The minimum atomic E-state index is -0.0309. The number of benzene rings is 1. The average Bonchev–Trinajstić information content (AvgIpc) is 2.54. The maximum absolute atomic E-state index is 12.2. The number of nitrogens with zero attached hydrogens (tertiary/aromatic N) is 1. The molecule has 1 aliphatic rings. The molecule has 2 N–H and O–H groups in total. The van der Waals surface area contributed by atoms with Crippen molar-refractivity contribution in [1.82, 2.24) is 10.6 Å². The molecular weight excluding hydrogens is 262 g/mol. The lowest BCUT2D eigenvalue weighted by molar-refractivity contribution is -0.123. The van der Waals surface area contributed by atoms with Gasteiger partial charge in [0.05, 0.1) is 11.6 Å². The maximum Gasteiger partial charge on any atom is 0.222 e. The van der Waals surface area contributed by atoms with Gasteiger partial charge in [0.15, 0.2) is 0 Å². The molecule has 2 rings (SSSR count). The summed E-state index contributed by atoms with van der Waals surface area (Å²) in [6, 6.07) is 9.46. The van der Waals surface area contributed by atoms with Gasteiger partial charge in [-0.2, -0.15) is 5.26 Å². The summed E-state index contributed by atoms with van der Waals surface area (Å²) in [4.78, 5) is 12.2. The van der Waals surface area contributed by atoms with Crippen LogP contribution in [-0.4, -0.2) is 18.5 Å². The summed E-state index contributed by atoms with van der Waals surface area (Å²) in [5.74, 6) is 0.0774. The Kier molecular flexibility index (Phi) is 5.35. The van der Waals surface area contributed by atoms with Gasteiger partial charge < -0.3 is 10.6 Å². The third-order valence-electron chi connectivity index (χ3n) is 4.39. The van der Waals surface area contributed by atoms with Crippen molar-refractivity contribution >= 4 is 5.91 Å². The molecule has 1 saturated carbocycles. The molecule has 1 fully saturated rings. The van der Waals surface area contributed by atoms with Crippen molar-refractivity contribution < 1.29 is 4.79 Å². The second-order valence-corrected chi connectivity index (χ2v) is 5.86. The molecule has 0 heterocycles. The Labute approximate surface area is 126 Å². The van der Waals surface area contributed by atoms with Crippen LogP contribution >= 0.6 is 0 Å². The molecule has 4 heteroatoms. The summed E-state index contributed by atoms with van der Waals surface area (Å²) in [5.41, 5.74) is 1.56. The van der Waals surface area contributed by atoms with E-state index in [0.29, 0.717) is 18.5 Å². The molecular formula is C17H23N3O. The first-order valence-corrected chi connectivity index (χ1v) is 7.62. The smallest absolute Gasteiger partial charge is 0.222 e. The van der Waals surface area contributed by atoms with E-state index in [1.54, 1.807) is 6.07 Å². The van der Waals surface area contributed by atoms with E-state index in [2.05, 4.69) is 16.7 Å². The van der Waals surface area contributed by atoms with Crippen molar-refractivity contribution in [3.05, 3.63) is 35.4 Å². The minimum absolute atomic E-state index is 0.0309. The van der Waals surface area contributed by atoms with Gasteiger partial charge in [-0.15, -0.1) is 0 Å². The molecule has 0 aliphatic heterocycles. The van der Waals surface area contributed by atoms with E-state index >= 15 is 0 Å². The highest BCUT2D eigenvalue weighted by atomic mass is 16.1. The van der Waals surface area contributed by atoms with E-state index < -0.39 is 0 Å². The summed E-state index contributed by atoms with van der Waals surface area (Å²) >= 11 is 0. The van der Waals surface area contributed by atoms with Crippen molar-refractivity contribution in [3.63, 3.8) is 0 Å². The van der Waals surface area contributed by atoms with Crippen LogP contribution in [0.15, 0.2) is 24.3 Å². The molecule has 0 atom stereocenters. The van der Waals surface area contributed by atoms with E-state index in [1.165, 1.54) is 19.3 Å². The molecule has 1 aromatic rings. The van der Waals surface area contributed by atoms with E-state index in [4.69, 9.17) is 5.26 Å². The van der Waals surface area contributed by atoms with Crippen molar-refractivity contribution in [2.24, 2.45) is 0 Å². The molecule has 4 nitrogen and oxygen atoms in total. The van der Waals surface area contributed by atoms with Crippen molar-refractivity contribution in [1.29, 1.82) is 5.26 Å². The summed E-state index contributed by atoms with van der Waals surface area (Å²) in [6.45, 7) is 0.480. The fraction of sp³-hybridized carbons (Fsp3) is 0.529. The Hall–Kier alpha value is -1.86. The second-order valence-electron chi connectivity index (χ2n) is 5.86. The zero-order valence-electron chi connectivity index (χ0n) is 12.6. The molecule has 112 valence electrons. The van der Waals surface area contributed by atoms with Gasteiger partial charge in [-0.25, -0.2) is 0 Å². The summed E-state index contributed by atoms with van der Waals surface area (Å²) in [7, 11) is 1.95. The standard InChI is InChI=1S/C17H23N3O/c1-19-17(8-3-2-4-9-17)11-16(21)20-13-15-7-5-6-14(10-15)12-18/h5-7,10,19H,2-4,8-9,11,13H2,1H3,(H,20,21). The predicted molar refractivity (Wildman–Crippen MR) is 82.5 cm³/mol. The Morgan fingerprint density at radius 3 is 2.76 bits per heavy atom. The van der Waals surface area contributed by atoms with Gasteiger partial charge in [-0.05, 0) is 37.6 Å². The third-order valence-corrected chi connectivity index (χ3v) is 4.39. The lowest BCUT2D eigenvalue weighted by atomic mass is 9.79. The largest absolute Gasteiger partial charge is 0.352 e. The number of amides is 1. The van der Waals surface area contributed by atoms with Crippen molar-refractivity contribution in [2.75, 3.05) is 7.05 Å². The minimum Gasteiger partial charge on any atom is -0.352 e. The molecule has 1 aromatic carbocycles. The molecule has 1 aliphatic carbocycles. The zero-order chi connectivity index (χ0) is 15.1. The van der Waals surface area contributed by atoms with Crippen LogP contribution in [0.1, 0.15) is 49.7 Å². The van der Waals surface area contributed by atoms with Gasteiger partial charge in [-0.3, -0.25) is 4.79 Å². The topological polar surface area (TPSA) is 64.9 Å². The SMILES string of the molecule is CNC1(CC(=O)NCc2cccc(C#N)c2)CCCCC1. The Morgan fingerprint density at radius 2 is 2.10 bits per heavy atom. The van der Waals surface area contributed by atoms with Crippen LogP contribution in [0, 0.1) is 11.3 Å². The van der Waals surface area contributed by atoms with E-state index in [1.807, 2.05) is 25.2 Å². The zero-order valence-corrected chi connectivity index (χ0v) is 12.6. The summed E-state index contributed by atoms with van der Waals surface area (Å²) < 4.78 is 0. The highest BCUT2D eigenvalue weighted by molar-refractivity contribution is 5.77. The molecule has 21 heavy (non-hydrogen) atoms. The van der Waals surface area contributed by atoms with Crippen molar-refractivity contribution in [3.8, 4) is 6.07 Å². The number of hydrogen-bond acceptors (Lipinski definition) is 3.